The molecule has 2 aromatic rings. The summed E-state index contributed by atoms with van der Waals surface area (Å²) in [5, 5.41) is 10.8. The minimum absolute atomic E-state index is 0. The number of benzene rings is 1. The molecular weight excluding hydrogens is 390 g/mol. The molecule has 1 aliphatic heterocycles. The van der Waals surface area contributed by atoms with Crippen LogP contribution in [0.25, 0.3) is 0 Å². The Morgan fingerprint density at radius 1 is 1.31 bits per heavy atom. The minimum atomic E-state index is -0.147. The van der Waals surface area contributed by atoms with Crippen LogP contribution in [0.5, 0.6) is 5.75 Å². The molecule has 1 aliphatic rings. The van der Waals surface area contributed by atoms with E-state index in [-0.39, 0.29) is 18.3 Å². The first kappa shape index (κ1) is 23.2. The largest absolute Gasteiger partial charge is 0.494 e. The van der Waals surface area contributed by atoms with Crippen LogP contribution in [0.15, 0.2) is 36.5 Å². The summed E-state index contributed by atoms with van der Waals surface area (Å²) in [6, 6.07) is 9.97. The Kier molecular flexibility index (Phi) is 9.44. The lowest BCUT2D eigenvalue weighted by Crippen LogP contribution is -2.32. The molecule has 1 atom stereocenters. The molecule has 8 heteroatoms. The van der Waals surface area contributed by atoms with Gasteiger partial charge in [-0.2, -0.15) is 5.10 Å². The predicted molar refractivity (Wildman–Crippen MR) is 117 cm³/mol. The molecule has 7 nitrogen and oxygen atoms in total. The Hall–Kier alpha value is -2.09. The van der Waals surface area contributed by atoms with Crippen molar-refractivity contribution in [2.75, 3.05) is 40.3 Å². The second-order valence-corrected chi connectivity index (χ2v) is 7.51. The van der Waals surface area contributed by atoms with Gasteiger partial charge in [-0.25, -0.2) is 0 Å². The highest BCUT2D eigenvalue weighted by Crippen LogP contribution is 2.16. The van der Waals surface area contributed by atoms with Gasteiger partial charge in [0, 0.05) is 25.8 Å². The Morgan fingerprint density at radius 2 is 2.10 bits per heavy atom. The van der Waals surface area contributed by atoms with Crippen molar-refractivity contribution in [2.45, 2.75) is 31.8 Å². The molecule has 2 heterocycles. The van der Waals surface area contributed by atoms with Crippen molar-refractivity contribution >= 4 is 18.3 Å². The van der Waals surface area contributed by atoms with Gasteiger partial charge in [0.15, 0.2) is 0 Å². The molecule has 1 fully saturated rings. The highest BCUT2D eigenvalue weighted by atomic mass is 35.5. The van der Waals surface area contributed by atoms with Gasteiger partial charge in [0.1, 0.15) is 11.4 Å². The van der Waals surface area contributed by atoms with E-state index in [0.29, 0.717) is 24.9 Å². The van der Waals surface area contributed by atoms with Gasteiger partial charge in [-0.1, -0.05) is 12.1 Å². The number of amides is 1. The fraction of sp³-hybridized carbons (Fsp3) is 0.524. The van der Waals surface area contributed by atoms with Crippen LogP contribution in [0.1, 0.15) is 41.4 Å². The van der Waals surface area contributed by atoms with Gasteiger partial charge >= 0.3 is 0 Å². The molecule has 160 valence electrons. The van der Waals surface area contributed by atoms with Crippen molar-refractivity contribution in [2.24, 2.45) is 0 Å². The van der Waals surface area contributed by atoms with Gasteiger partial charge in [0.05, 0.1) is 12.6 Å². The van der Waals surface area contributed by atoms with Crippen LogP contribution in [0.2, 0.25) is 0 Å². The Labute approximate surface area is 179 Å². The van der Waals surface area contributed by atoms with E-state index < -0.39 is 0 Å². The normalized spacial score (nSPS) is 16.3. The van der Waals surface area contributed by atoms with E-state index in [2.05, 4.69) is 34.7 Å². The molecule has 0 bridgehead atoms. The fourth-order valence-electron chi connectivity index (χ4n) is 3.27. The molecule has 1 aromatic carbocycles. The summed E-state index contributed by atoms with van der Waals surface area (Å²) in [6.45, 7) is 4.15. The second kappa shape index (κ2) is 11.8. The third-order valence-electron chi connectivity index (χ3n) is 4.88. The first-order valence-corrected chi connectivity index (χ1v) is 10.0. The van der Waals surface area contributed by atoms with Gasteiger partial charge in [0.25, 0.3) is 5.91 Å². The average Bonchev–Trinajstić information content (AvgIpc) is 3.21. The zero-order valence-electron chi connectivity index (χ0n) is 17.3. The van der Waals surface area contributed by atoms with Crippen LogP contribution in [0.4, 0.5) is 0 Å². The van der Waals surface area contributed by atoms with Gasteiger partial charge in [-0.05, 0) is 63.7 Å². The number of rotatable bonds is 9. The highest BCUT2D eigenvalue weighted by molar-refractivity contribution is 5.92. The first-order valence-electron chi connectivity index (χ1n) is 10.0. The minimum Gasteiger partial charge on any atom is -0.494 e. The van der Waals surface area contributed by atoms with Crippen molar-refractivity contribution in [3.05, 3.63) is 47.8 Å². The number of ether oxygens (including phenoxy) is 1. The van der Waals surface area contributed by atoms with E-state index in [1.165, 1.54) is 0 Å². The summed E-state index contributed by atoms with van der Waals surface area (Å²) in [4.78, 5) is 14.5. The number of carbonyl (C=O) groups is 1. The molecule has 0 saturated carbocycles. The molecular formula is C21H32ClN5O2. The topological polar surface area (TPSA) is 71.4 Å². The van der Waals surface area contributed by atoms with Crippen LogP contribution in [0, 0.1) is 0 Å². The van der Waals surface area contributed by atoms with E-state index in [1.807, 2.05) is 35.1 Å². The lowest BCUT2D eigenvalue weighted by atomic mass is 10.1. The second-order valence-electron chi connectivity index (χ2n) is 7.51. The number of nitrogens with one attached hydrogen (secondary N) is 2. The Morgan fingerprint density at radius 3 is 2.79 bits per heavy atom. The monoisotopic (exact) mass is 421 g/mol. The zero-order chi connectivity index (χ0) is 19.8. The molecule has 1 saturated heterocycles. The first-order chi connectivity index (χ1) is 13.6. The smallest absolute Gasteiger partial charge is 0.272 e. The molecule has 3 rings (SSSR count). The van der Waals surface area contributed by atoms with E-state index in [4.69, 9.17) is 4.74 Å². The van der Waals surface area contributed by atoms with Crippen molar-refractivity contribution in [3.8, 4) is 5.75 Å². The fourth-order valence-corrected chi connectivity index (χ4v) is 3.27. The summed E-state index contributed by atoms with van der Waals surface area (Å²) >= 11 is 0. The lowest BCUT2D eigenvalue weighted by molar-refractivity contribution is 0.0944. The third kappa shape index (κ3) is 7.34. The van der Waals surface area contributed by atoms with Crippen LogP contribution in [0.3, 0.4) is 0 Å². The summed E-state index contributed by atoms with van der Waals surface area (Å²) in [5.74, 6) is 0.709. The van der Waals surface area contributed by atoms with E-state index in [1.54, 1.807) is 6.07 Å². The quantitative estimate of drug-likeness (QED) is 0.609. The number of aromatic nitrogens is 2. The maximum atomic E-state index is 12.4. The van der Waals surface area contributed by atoms with E-state index >= 15 is 0 Å². The maximum absolute atomic E-state index is 12.4. The van der Waals surface area contributed by atoms with Crippen LogP contribution in [-0.2, 0) is 6.54 Å². The van der Waals surface area contributed by atoms with Crippen molar-refractivity contribution in [1.29, 1.82) is 0 Å². The van der Waals surface area contributed by atoms with Crippen LogP contribution < -0.4 is 15.4 Å². The summed E-state index contributed by atoms with van der Waals surface area (Å²) in [7, 11) is 4.11. The van der Waals surface area contributed by atoms with Crippen LogP contribution in [-0.4, -0.2) is 60.9 Å². The molecule has 1 amide bonds. The molecule has 2 N–H and O–H groups in total. The SMILES string of the molecule is CN(C)CCCOc1ccc(CNC(=O)c2ccn(C3CCCNC3)n2)cc1.Cl. The van der Waals surface area contributed by atoms with Gasteiger partial charge in [-0.3, -0.25) is 9.48 Å². The number of halogens is 1. The standard InChI is InChI=1S/C21H31N5O2.ClH/c1-25(2)12-4-14-28-19-8-6-17(7-9-19)15-23-21(27)20-10-13-26(24-20)18-5-3-11-22-16-18;/h6-10,13,18,22H,3-5,11-12,14-16H2,1-2H3,(H,23,27);1H. The molecule has 29 heavy (non-hydrogen) atoms. The average molecular weight is 422 g/mol. The van der Waals surface area contributed by atoms with Crippen molar-refractivity contribution in [3.63, 3.8) is 0 Å². The number of nitrogens with zero attached hydrogens (tertiary/aromatic N) is 3. The van der Waals surface area contributed by atoms with Crippen LogP contribution >= 0.6 is 12.4 Å². The Bertz CT molecular complexity index is 742. The highest BCUT2D eigenvalue weighted by Gasteiger charge is 2.17. The maximum Gasteiger partial charge on any atom is 0.272 e. The molecule has 0 aliphatic carbocycles. The van der Waals surface area contributed by atoms with E-state index in [0.717, 1.165) is 50.2 Å². The number of piperidine rings is 1. The Balaban J connectivity index is 0.00000300. The van der Waals surface area contributed by atoms with Crippen molar-refractivity contribution < 1.29 is 9.53 Å². The number of carbonyl (C=O) groups excluding carboxylic acids is 1. The van der Waals surface area contributed by atoms with Gasteiger partial charge in [0.2, 0.25) is 0 Å². The predicted octanol–water partition coefficient (Wildman–Crippen LogP) is 2.49. The van der Waals surface area contributed by atoms with E-state index in [9.17, 15) is 4.79 Å². The molecule has 1 unspecified atom stereocenters. The summed E-state index contributed by atoms with van der Waals surface area (Å²) in [6.07, 6.45) is 5.13. The molecule has 0 radical (unpaired) electrons. The van der Waals surface area contributed by atoms with Crippen molar-refractivity contribution in [1.82, 2.24) is 25.3 Å². The summed E-state index contributed by atoms with van der Waals surface area (Å²) < 4.78 is 7.64. The summed E-state index contributed by atoms with van der Waals surface area (Å²) in [5.41, 5.74) is 1.50. The zero-order valence-corrected chi connectivity index (χ0v) is 18.1. The van der Waals surface area contributed by atoms with Gasteiger partial charge in [-0.15, -0.1) is 12.4 Å². The molecule has 1 aromatic heterocycles. The number of hydrogen-bond acceptors (Lipinski definition) is 5. The van der Waals surface area contributed by atoms with Gasteiger partial charge < -0.3 is 20.3 Å². The number of hydrogen-bond donors (Lipinski definition) is 2. The molecule has 0 spiro atoms. The third-order valence-corrected chi connectivity index (χ3v) is 4.88. The lowest BCUT2D eigenvalue weighted by Gasteiger charge is -2.22.